The van der Waals surface area contributed by atoms with E-state index < -0.39 is 11.5 Å². The van der Waals surface area contributed by atoms with Crippen molar-refractivity contribution < 1.29 is 14.6 Å². The third kappa shape index (κ3) is 4.73. The molecule has 0 aliphatic heterocycles. The van der Waals surface area contributed by atoms with Crippen molar-refractivity contribution in [2.24, 2.45) is 11.3 Å². The Morgan fingerprint density at radius 2 is 1.90 bits per heavy atom. The predicted octanol–water partition coefficient (Wildman–Crippen LogP) is 3.21. The molecular weight excluding hydrogens is 252 g/mol. The molecule has 2 atom stereocenters. The average Bonchev–Trinajstić information content (AvgIpc) is 2.45. The van der Waals surface area contributed by atoms with Crippen molar-refractivity contribution in [3.8, 4) is 0 Å². The van der Waals surface area contributed by atoms with Gasteiger partial charge >= 0.3 is 0 Å². The number of hydrogen-bond donors (Lipinski definition) is 1. The van der Waals surface area contributed by atoms with Gasteiger partial charge in [-0.2, -0.15) is 0 Å². The van der Waals surface area contributed by atoms with E-state index in [-0.39, 0.29) is 11.7 Å². The van der Waals surface area contributed by atoms with E-state index in [0.29, 0.717) is 19.6 Å². The lowest BCUT2D eigenvalue weighted by molar-refractivity contribution is -0.130. The Morgan fingerprint density at radius 3 is 2.45 bits per heavy atom. The maximum Gasteiger partial charge on any atom is 0.138 e. The van der Waals surface area contributed by atoms with Crippen LogP contribution in [0.5, 0.6) is 0 Å². The van der Waals surface area contributed by atoms with Crippen molar-refractivity contribution in [1.82, 2.24) is 0 Å². The first-order chi connectivity index (χ1) is 9.38. The third-order valence-corrected chi connectivity index (χ3v) is 3.72. The van der Waals surface area contributed by atoms with Crippen LogP contribution in [0, 0.1) is 11.3 Å². The lowest BCUT2D eigenvalue weighted by atomic mass is 9.79. The molecule has 0 aliphatic carbocycles. The summed E-state index contributed by atoms with van der Waals surface area (Å²) in [6, 6.07) is 9.93. The Kier molecular flexibility index (Phi) is 6.37. The number of ketones is 1. The maximum atomic E-state index is 11.7. The summed E-state index contributed by atoms with van der Waals surface area (Å²) in [5.74, 6) is -0.260. The normalized spacial score (nSPS) is 14.8. The van der Waals surface area contributed by atoms with E-state index in [1.807, 2.05) is 51.1 Å². The van der Waals surface area contributed by atoms with Crippen LogP contribution in [0.4, 0.5) is 0 Å². The van der Waals surface area contributed by atoms with Crippen molar-refractivity contribution in [2.45, 2.75) is 46.8 Å². The van der Waals surface area contributed by atoms with Gasteiger partial charge in [0.15, 0.2) is 0 Å². The maximum absolute atomic E-state index is 11.7. The number of carbonyl (C=O) groups is 1. The van der Waals surface area contributed by atoms with Gasteiger partial charge in [-0.1, -0.05) is 58.0 Å². The minimum atomic E-state index is -0.689. The fourth-order valence-corrected chi connectivity index (χ4v) is 2.27. The highest BCUT2D eigenvalue weighted by molar-refractivity contribution is 5.80. The molecule has 0 aliphatic rings. The summed E-state index contributed by atoms with van der Waals surface area (Å²) in [6.07, 6.45) is -0.232. The quantitative estimate of drug-likeness (QED) is 0.794. The lowest BCUT2D eigenvalue weighted by Gasteiger charge is -2.33. The number of Topliss-reactive ketones (excluding diaryl/α,β-unsaturated/α-hetero) is 1. The Morgan fingerprint density at radius 1 is 1.30 bits per heavy atom. The predicted molar refractivity (Wildman–Crippen MR) is 80.3 cm³/mol. The number of carbonyl (C=O) groups excluding carboxylic acids is 1. The molecule has 0 spiro atoms. The molecule has 0 radical (unpaired) electrons. The highest BCUT2D eigenvalue weighted by Crippen LogP contribution is 2.28. The summed E-state index contributed by atoms with van der Waals surface area (Å²) >= 11 is 0. The van der Waals surface area contributed by atoms with Crippen LogP contribution in [-0.2, 0) is 16.1 Å². The summed E-state index contributed by atoms with van der Waals surface area (Å²) < 4.78 is 5.70. The molecule has 0 unspecified atom stereocenters. The zero-order valence-corrected chi connectivity index (χ0v) is 12.9. The summed E-state index contributed by atoms with van der Waals surface area (Å²) in [5.41, 5.74) is 0.662. The van der Waals surface area contributed by atoms with Gasteiger partial charge in [-0.05, 0) is 5.56 Å². The molecule has 0 amide bonds. The second kappa shape index (κ2) is 7.55. The van der Waals surface area contributed by atoms with Crippen LogP contribution in [0.25, 0.3) is 0 Å². The Hall–Kier alpha value is -1.19. The van der Waals surface area contributed by atoms with Gasteiger partial charge in [0.05, 0.1) is 19.3 Å². The van der Waals surface area contributed by atoms with Crippen LogP contribution in [-0.4, -0.2) is 23.6 Å². The Balaban J connectivity index is 2.50. The highest BCUT2D eigenvalue weighted by Gasteiger charge is 2.34. The van der Waals surface area contributed by atoms with Crippen molar-refractivity contribution in [1.29, 1.82) is 0 Å². The minimum absolute atomic E-state index is 0.0913. The van der Waals surface area contributed by atoms with E-state index in [2.05, 4.69) is 0 Å². The molecule has 0 saturated carbocycles. The molecule has 1 rings (SSSR count). The zero-order chi connectivity index (χ0) is 15.2. The molecule has 1 aromatic carbocycles. The number of ether oxygens (including phenoxy) is 1. The van der Waals surface area contributed by atoms with Gasteiger partial charge in [-0.3, -0.25) is 4.79 Å². The van der Waals surface area contributed by atoms with E-state index in [9.17, 15) is 9.90 Å². The molecule has 0 bridgehead atoms. The van der Waals surface area contributed by atoms with Crippen LogP contribution in [0.1, 0.15) is 39.7 Å². The van der Waals surface area contributed by atoms with Crippen molar-refractivity contribution in [3.05, 3.63) is 35.9 Å². The molecule has 20 heavy (non-hydrogen) atoms. The summed E-state index contributed by atoms with van der Waals surface area (Å²) in [7, 11) is 0. The van der Waals surface area contributed by atoms with Crippen molar-refractivity contribution in [2.75, 3.05) is 6.61 Å². The van der Waals surface area contributed by atoms with Crippen LogP contribution in [0.2, 0.25) is 0 Å². The molecule has 3 heteroatoms. The monoisotopic (exact) mass is 278 g/mol. The molecule has 3 nitrogen and oxygen atoms in total. The largest absolute Gasteiger partial charge is 0.392 e. The van der Waals surface area contributed by atoms with Gasteiger partial charge in [0.25, 0.3) is 0 Å². The smallest absolute Gasteiger partial charge is 0.138 e. The fourth-order valence-electron chi connectivity index (χ4n) is 2.27. The molecule has 0 fully saturated rings. The molecule has 0 heterocycles. The molecular formula is C17H26O3. The van der Waals surface area contributed by atoms with Gasteiger partial charge in [-0.15, -0.1) is 0 Å². The van der Waals surface area contributed by atoms with Gasteiger partial charge in [-0.25, -0.2) is 0 Å². The van der Waals surface area contributed by atoms with Gasteiger partial charge < -0.3 is 9.84 Å². The summed E-state index contributed by atoms with van der Waals surface area (Å²) in [4.78, 5) is 11.7. The van der Waals surface area contributed by atoms with E-state index in [1.165, 1.54) is 0 Å². The first-order valence-electron chi connectivity index (χ1n) is 7.21. The lowest BCUT2D eigenvalue weighted by Crippen LogP contribution is -2.41. The van der Waals surface area contributed by atoms with Crippen LogP contribution in [0.3, 0.4) is 0 Å². The molecule has 1 aromatic rings. The number of aliphatic hydroxyl groups excluding tert-OH is 1. The minimum Gasteiger partial charge on any atom is -0.392 e. The van der Waals surface area contributed by atoms with Gasteiger partial charge in [0.2, 0.25) is 0 Å². The highest BCUT2D eigenvalue weighted by atomic mass is 16.5. The first-order valence-corrected chi connectivity index (χ1v) is 7.21. The van der Waals surface area contributed by atoms with Crippen LogP contribution in [0.15, 0.2) is 30.3 Å². The van der Waals surface area contributed by atoms with Crippen molar-refractivity contribution in [3.63, 3.8) is 0 Å². The van der Waals surface area contributed by atoms with E-state index in [4.69, 9.17) is 4.74 Å². The fraction of sp³-hybridized carbons (Fsp3) is 0.588. The average molecular weight is 278 g/mol. The molecule has 112 valence electrons. The summed E-state index contributed by atoms with van der Waals surface area (Å²) in [6.45, 7) is 8.42. The Bertz CT molecular complexity index is 412. The number of rotatable bonds is 8. The topological polar surface area (TPSA) is 46.5 Å². The van der Waals surface area contributed by atoms with Gasteiger partial charge in [0, 0.05) is 17.8 Å². The van der Waals surface area contributed by atoms with E-state index in [0.717, 1.165) is 5.56 Å². The number of aliphatic hydroxyl groups is 1. The Labute approximate surface area is 122 Å². The van der Waals surface area contributed by atoms with Crippen LogP contribution < -0.4 is 0 Å². The zero-order valence-electron chi connectivity index (χ0n) is 12.9. The van der Waals surface area contributed by atoms with E-state index in [1.54, 1.807) is 6.92 Å². The molecule has 0 aromatic heterocycles. The van der Waals surface area contributed by atoms with E-state index >= 15 is 0 Å². The number of hydrogen-bond acceptors (Lipinski definition) is 3. The SMILES string of the molecule is CCC(=O)[C@H](C)[C@H](O)C(C)(C)COCc1ccccc1. The van der Waals surface area contributed by atoms with Crippen molar-refractivity contribution >= 4 is 5.78 Å². The molecule has 1 N–H and O–H groups in total. The number of benzene rings is 1. The second-order valence-electron chi connectivity index (χ2n) is 6.02. The third-order valence-electron chi connectivity index (χ3n) is 3.72. The first kappa shape index (κ1) is 16.9. The molecule has 0 saturated heterocycles. The van der Waals surface area contributed by atoms with Gasteiger partial charge in [0.1, 0.15) is 5.78 Å². The standard InChI is InChI=1S/C17H26O3/c1-5-15(18)13(2)16(19)17(3,4)12-20-11-14-9-7-6-8-10-14/h6-10,13,16,19H,5,11-12H2,1-4H3/t13-,16-/m0/s1. The second-order valence-corrected chi connectivity index (χ2v) is 6.02. The summed E-state index contributed by atoms with van der Waals surface area (Å²) in [5, 5.41) is 10.3. The van der Waals surface area contributed by atoms with Crippen LogP contribution >= 0.6 is 0 Å².